The quantitative estimate of drug-likeness (QED) is 0.746. The predicted molar refractivity (Wildman–Crippen MR) is 103 cm³/mol. The lowest BCUT2D eigenvalue weighted by Gasteiger charge is -2.14. The van der Waals surface area contributed by atoms with E-state index in [-0.39, 0.29) is 33.0 Å². The minimum absolute atomic E-state index is 0.108. The van der Waals surface area contributed by atoms with E-state index >= 15 is 0 Å². The number of methoxy groups -OCH3 is 1. The van der Waals surface area contributed by atoms with Crippen molar-refractivity contribution in [1.29, 1.82) is 0 Å². The summed E-state index contributed by atoms with van der Waals surface area (Å²) in [7, 11) is -2.59. The van der Waals surface area contributed by atoms with Crippen LogP contribution in [0.2, 0.25) is 10.0 Å². The van der Waals surface area contributed by atoms with Crippen molar-refractivity contribution in [3.8, 4) is 5.75 Å². The van der Waals surface area contributed by atoms with Gasteiger partial charge in [-0.1, -0.05) is 23.2 Å². The first-order valence-corrected chi connectivity index (χ1v) is 9.84. The van der Waals surface area contributed by atoms with Crippen LogP contribution < -0.4 is 14.8 Å². The molecule has 0 saturated heterocycles. The first kappa shape index (κ1) is 20.4. The van der Waals surface area contributed by atoms with E-state index in [9.17, 15) is 13.2 Å². The van der Waals surface area contributed by atoms with Crippen LogP contribution in [0.1, 0.15) is 24.2 Å². The monoisotopic (exact) mass is 416 g/mol. The summed E-state index contributed by atoms with van der Waals surface area (Å²) < 4.78 is 32.9. The largest absolute Gasteiger partial charge is 0.496 e. The summed E-state index contributed by atoms with van der Waals surface area (Å²) in [6.07, 6.45) is 0. The van der Waals surface area contributed by atoms with Crippen LogP contribution in [0.25, 0.3) is 0 Å². The summed E-state index contributed by atoms with van der Waals surface area (Å²) in [6, 6.07) is 8.32. The Morgan fingerprint density at radius 3 is 2.42 bits per heavy atom. The molecule has 0 fully saturated rings. The van der Waals surface area contributed by atoms with Gasteiger partial charge in [-0.2, -0.15) is 0 Å². The van der Waals surface area contributed by atoms with Gasteiger partial charge in [0, 0.05) is 11.1 Å². The van der Waals surface area contributed by atoms with Gasteiger partial charge in [0.2, 0.25) is 0 Å². The predicted octanol–water partition coefficient (Wildman–Crippen LogP) is 3.94. The number of ether oxygens (including phenoxy) is 1. The fourth-order valence-electron chi connectivity index (χ4n) is 2.15. The number of hydrogen-bond donors (Lipinski definition) is 2. The number of sulfonamides is 1. The Kier molecular flexibility index (Phi) is 6.39. The van der Waals surface area contributed by atoms with Gasteiger partial charge in [0.05, 0.1) is 28.3 Å². The Balaban J connectivity index is 2.43. The average Bonchev–Trinajstić information content (AvgIpc) is 2.56. The molecule has 140 valence electrons. The van der Waals surface area contributed by atoms with Crippen LogP contribution in [-0.2, 0) is 10.0 Å². The van der Waals surface area contributed by atoms with Crippen molar-refractivity contribution in [2.45, 2.75) is 24.8 Å². The number of halogens is 2. The maximum absolute atomic E-state index is 12.7. The van der Waals surface area contributed by atoms with Gasteiger partial charge < -0.3 is 10.1 Å². The number of rotatable bonds is 6. The van der Waals surface area contributed by atoms with Crippen molar-refractivity contribution in [2.24, 2.45) is 0 Å². The Bertz CT molecular complexity index is 930. The first-order chi connectivity index (χ1) is 12.1. The number of benzene rings is 2. The average molecular weight is 417 g/mol. The van der Waals surface area contributed by atoms with Gasteiger partial charge in [0.15, 0.2) is 0 Å². The number of amides is 1. The number of hydrogen-bond acceptors (Lipinski definition) is 4. The van der Waals surface area contributed by atoms with E-state index in [2.05, 4.69) is 10.0 Å². The Morgan fingerprint density at radius 1 is 1.12 bits per heavy atom. The van der Waals surface area contributed by atoms with Crippen LogP contribution in [0.3, 0.4) is 0 Å². The van der Waals surface area contributed by atoms with E-state index in [4.69, 9.17) is 27.9 Å². The molecule has 26 heavy (non-hydrogen) atoms. The second-order valence-electron chi connectivity index (χ2n) is 5.72. The molecule has 0 atom stereocenters. The number of carbonyl (C=O) groups is 1. The Labute approximate surface area is 162 Å². The fraction of sp³-hybridized carbons (Fsp3) is 0.235. The van der Waals surface area contributed by atoms with Crippen molar-refractivity contribution < 1.29 is 17.9 Å². The zero-order chi connectivity index (χ0) is 19.5. The summed E-state index contributed by atoms with van der Waals surface area (Å²) in [5, 5.41) is 3.24. The third-order valence-corrected chi connectivity index (χ3v) is 5.25. The molecule has 0 heterocycles. The van der Waals surface area contributed by atoms with Crippen molar-refractivity contribution in [3.63, 3.8) is 0 Å². The molecule has 0 aliphatic carbocycles. The van der Waals surface area contributed by atoms with Gasteiger partial charge in [0.1, 0.15) is 5.75 Å². The summed E-state index contributed by atoms with van der Waals surface area (Å²) in [6.45, 7) is 3.60. The molecular weight excluding hydrogens is 399 g/mol. The lowest BCUT2D eigenvalue weighted by Crippen LogP contribution is -2.30. The molecule has 0 aliphatic heterocycles. The summed E-state index contributed by atoms with van der Waals surface area (Å²) >= 11 is 11.9. The zero-order valence-electron chi connectivity index (χ0n) is 14.3. The van der Waals surface area contributed by atoms with E-state index in [1.54, 1.807) is 19.9 Å². The molecule has 0 spiro atoms. The SMILES string of the molecule is COc1ccc(S(=O)(=O)Nc2cc(Cl)ccc2Cl)cc1C(=O)NC(C)C. The highest BCUT2D eigenvalue weighted by atomic mass is 35.5. The van der Waals surface area contributed by atoms with Gasteiger partial charge in [-0.3, -0.25) is 9.52 Å². The smallest absolute Gasteiger partial charge is 0.261 e. The van der Waals surface area contributed by atoms with Crippen LogP contribution in [0.5, 0.6) is 5.75 Å². The van der Waals surface area contributed by atoms with Gasteiger partial charge in [-0.25, -0.2) is 8.42 Å². The highest BCUT2D eigenvalue weighted by Crippen LogP contribution is 2.29. The molecule has 0 aliphatic rings. The van der Waals surface area contributed by atoms with E-state index in [1.165, 1.54) is 37.4 Å². The second-order valence-corrected chi connectivity index (χ2v) is 8.25. The topological polar surface area (TPSA) is 84.5 Å². The highest BCUT2D eigenvalue weighted by molar-refractivity contribution is 7.92. The number of carbonyl (C=O) groups excluding carboxylic acids is 1. The lowest BCUT2D eigenvalue weighted by molar-refractivity contribution is 0.0940. The van der Waals surface area contributed by atoms with Crippen molar-refractivity contribution >= 4 is 44.8 Å². The van der Waals surface area contributed by atoms with Crippen molar-refractivity contribution in [1.82, 2.24) is 5.32 Å². The second kappa shape index (κ2) is 8.16. The van der Waals surface area contributed by atoms with Crippen LogP contribution in [0.15, 0.2) is 41.3 Å². The van der Waals surface area contributed by atoms with Crippen LogP contribution in [0, 0.1) is 0 Å². The maximum atomic E-state index is 12.7. The van der Waals surface area contributed by atoms with Gasteiger partial charge in [-0.05, 0) is 50.2 Å². The van der Waals surface area contributed by atoms with Gasteiger partial charge >= 0.3 is 0 Å². The Hall–Kier alpha value is -1.96. The normalized spacial score (nSPS) is 11.3. The molecule has 0 saturated carbocycles. The molecule has 9 heteroatoms. The van der Waals surface area contributed by atoms with E-state index < -0.39 is 15.9 Å². The standard InChI is InChI=1S/C17H18Cl2N2O4S/c1-10(2)20-17(22)13-9-12(5-7-16(13)25-3)26(23,24)21-15-8-11(18)4-6-14(15)19/h4-10,21H,1-3H3,(H,20,22). The molecule has 0 aromatic heterocycles. The third-order valence-electron chi connectivity index (χ3n) is 3.32. The van der Waals surface area contributed by atoms with Crippen LogP contribution in [-0.4, -0.2) is 27.5 Å². The van der Waals surface area contributed by atoms with Crippen LogP contribution in [0.4, 0.5) is 5.69 Å². The summed E-state index contributed by atoms with van der Waals surface area (Å²) in [5.74, 6) is -0.169. The van der Waals surface area contributed by atoms with Crippen LogP contribution >= 0.6 is 23.2 Å². The first-order valence-electron chi connectivity index (χ1n) is 7.61. The Morgan fingerprint density at radius 2 is 1.81 bits per heavy atom. The number of anilines is 1. The third kappa shape index (κ3) is 4.81. The molecule has 2 aromatic carbocycles. The van der Waals surface area contributed by atoms with Crippen molar-refractivity contribution in [3.05, 3.63) is 52.0 Å². The highest BCUT2D eigenvalue weighted by Gasteiger charge is 2.21. The molecule has 0 bridgehead atoms. The molecule has 2 aromatic rings. The lowest BCUT2D eigenvalue weighted by atomic mass is 10.2. The minimum atomic E-state index is -3.99. The molecule has 0 radical (unpaired) electrons. The summed E-state index contributed by atoms with van der Waals surface area (Å²) in [4.78, 5) is 12.2. The maximum Gasteiger partial charge on any atom is 0.261 e. The molecular formula is C17H18Cl2N2O4S. The molecule has 2 rings (SSSR count). The van der Waals surface area contributed by atoms with Gasteiger partial charge in [0.25, 0.3) is 15.9 Å². The molecule has 1 amide bonds. The zero-order valence-corrected chi connectivity index (χ0v) is 16.7. The van der Waals surface area contributed by atoms with E-state index in [0.29, 0.717) is 5.02 Å². The molecule has 0 unspecified atom stereocenters. The fourth-order valence-corrected chi connectivity index (χ4v) is 3.64. The van der Waals surface area contributed by atoms with E-state index in [0.717, 1.165) is 0 Å². The van der Waals surface area contributed by atoms with E-state index in [1.807, 2.05) is 0 Å². The summed E-state index contributed by atoms with van der Waals surface area (Å²) in [5.41, 5.74) is 0.254. The molecule has 2 N–H and O–H groups in total. The van der Waals surface area contributed by atoms with Crippen molar-refractivity contribution in [2.75, 3.05) is 11.8 Å². The molecule has 6 nitrogen and oxygen atoms in total. The number of nitrogens with one attached hydrogen (secondary N) is 2. The van der Waals surface area contributed by atoms with Gasteiger partial charge in [-0.15, -0.1) is 0 Å². The minimum Gasteiger partial charge on any atom is -0.496 e.